The van der Waals surface area contributed by atoms with Crippen LogP contribution >= 0.6 is 23.2 Å². The Morgan fingerprint density at radius 2 is 1.81 bits per heavy atom. The Morgan fingerprint density at radius 1 is 1.10 bits per heavy atom. The van der Waals surface area contributed by atoms with Crippen LogP contribution in [0.3, 0.4) is 0 Å². The SMILES string of the molecule is C[C@]12CC[C@H](OC(=O)CCCc3ccc(N(CCCl)CCCl)c([N+](=O)[O-])c3)CC1=CC[C@@H]1[C@@H]2CC[C@]2(C)C(=O)CC[C@@H]12. The molecule has 3 fully saturated rings. The average molecular weight is 620 g/mol. The lowest BCUT2D eigenvalue weighted by Crippen LogP contribution is -2.50. The Morgan fingerprint density at radius 3 is 2.52 bits per heavy atom. The first kappa shape index (κ1) is 31.3. The van der Waals surface area contributed by atoms with E-state index in [9.17, 15) is 19.7 Å². The van der Waals surface area contributed by atoms with Gasteiger partial charge in [-0.05, 0) is 86.2 Å². The molecule has 0 unspecified atom stereocenters. The number of hydrogen-bond donors (Lipinski definition) is 0. The van der Waals surface area contributed by atoms with Crippen molar-refractivity contribution in [2.45, 2.75) is 90.6 Å². The van der Waals surface area contributed by atoms with Crippen LogP contribution in [0.4, 0.5) is 11.4 Å². The summed E-state index contributed by atoms with van der Waals surface area (Å²) in [6, 6.07) is 5.23. The average Bonchev–Trinajstić information content (AvgIpc) is 3.27. The van der Waals surface area contributed by atoms with Crippen molar-refractivity contribution in [1.82, 2.24) is 0 Å². The smallest absolute Gasteiger partial charge is 0.306 e. The summed E-state index contributed by atoms with van der Waals surface area (Å²) in [5.41, 5.74) is 2.83. The van der Waals surface area contributed by atoms with Gasteiger partial charge in [0, 0.05) is 55.6 Å². The highest BCUT2D eigenvalue weighted by molar-refractivity contribution is 6.18. The molecule has 0 N–H and O–H groups in total. The van der Waals surface area contributed by atoms with Crippen molar-refractivity contribution >= 4 is 46.3 Å². The predicted octanol–water partition coefficient (Wildman–Crippen LogP) is 7.65. The molecule has 230 valence electrons. The minimum Gasteiger partial charge on any atom is -0.462 e. The molecule has 4 aliphatic carbocycles. The third-order valence-corrected chi connectivity index (χ3v) is 11.5. The van der Waals surface area contributed by atoms with Crippen molar-refractivity contribution in [2.24, 2.45) is 28.6 Å². The fourth-order valence-electron chi connectivity index (χ4n) is 8.88. The summed E-state index contributed by atoms with van der Waals surface area (Å²) in [7, 11) is 0. The summed E-state index contributed by atoms with van der Waals surface area (Å²) in [4.78, 5) is 38.7. The molecule has 6 atom stereocenters. The van der Waals surface area contributed by atoms with Crippen molar-refractivity contribution < 1.29 is 19.2 Å². The topological polar surface area (TPSA) is 89.8 Å². The third kappa shape index (κ3) is 5.97. The molecule has 1 aromatic rings. The fraction of sp³-hybridized carbons (Fsp3) is 0.697. The molecule has 3 saturated carbocycles. The van der Waals surface area contributed by atoms with Gasteiger partial charge >= 0.3 is 5.97 Å². The van der Waals surface area contributed by atoms with E-state index in [1.54, 1.807) is 12.1 Å². The molecule has 0 spiro atoms. The van der Waals surface area contributed by atoms with Crippen LogP contribution in [0, 0.1) is 38.7 Å². The van der Waals surface area contributed by atoms with Crippen LogP contribution in [0.5, 0.6) is 0 Å². The Kier molecular flexibility index (Phi) is 9.58. The van der Waals surface area contributed by atoms with Gasteiger partial charge in [0.25, 0.3) is 5.69 Å². The summed E-state index contributed by atoms with van der Waals surface area (Å²) in [6.45, 7) is 5.58. The molecule has 0 aromatic heterocycles. The molecule has 5 rings (SSSR count). The van der Waals surface area contributed by atoms with Gasteiger partial charge in [0.2, 0.25) is 0 Å². The first-order valence-electron chi connectivity index (χ1n) is 15.7. The molecule has 7 nitrogen and oxygen atoms in total. The van der Waals surface area contributed by atoms with E-state index in [1.807, 2.05) is 11.0 Å². The van der Waals surface area contributed by atoms with E-state index in [0.717, 1.165) is 56.9 Å². The maximum Gasteiger partial charge on any atom is 0.306 e. The van der Waals surface area contributed by atoms with Gasteiger partial charge in [-0.1, -0.05) is 31.6 Å². The van der Waals surface area contributed by atoms with Crippen molar-refractivity contribution in [1.29, 1.82) is 0 Å². The highest BCUT2D eigenvalue weighted by Gasteiger charge is 2.58. The second kappa shape index (κ2) is 12.9. The van der Waals surface area contributed by atoms with Crippen LogP contribution in [-0.2, 0) is 20.7 Å². The molecule has 0 bridgehead atoms. The van der Waals surface area contributed by atoms with Crippen molar-refractivity contribution in [3.05, 3.63) is 45.5 Å². The van der Waals surface area contributed by atoms with Gasteiger partial charge in [0.1, 0.15) is 17.6 Å². The second-order valence-corrected chi connectivity index (χ2v) is 14.1. The molecule has 4 aliphatic rings. The summed E-state index contributed by atoms with van der Waals surface area (Å²) in [5.74, 6) is 2.70. The number of alkyl halides is 2. The number of carbonyl (C=O) groups excluding carboxylic acids is 2. The lowest BCUT2D eigenvalue weighted by atomic mass is 9.48. The highest BCUT2D eigenvalue weighted by atomic mass is 35.5. The number of nitrogens with zero attached hydrogens (tertiary/aromatic N) is 2. The number of nitro benzene ring substituents is 1. The Balaban J connectivity index is 1.14. The number of esters is 1. The van der Waals surface area contributed by atoms with Crippen molar-refractivity contribution in [2.75, 3.05) is 29.7 Å². The molecule has 0 amide bonds. The number of benzene rings is 1. The third-order valence-electron chi connectivity index (χ3n) is 11.2. The zero-order valence-corrected chi connectivity index (χ0v) is 26.4. The van der Waals surface area contributed by atoms with E-state index in [0.29, 0.717) is 66.9 Å². The van der Waals surface area contributed by atoms with E-state index in [2.05, 4.69) is 19.9 Å². The van der Waals surface area contributed by atoms with Gasteiger partial charge in [0.05, 0.1) is 4.92 Å². The number of fused-ring (bicyclic) bond motifs is 5. The highest BCUT2D eigenvalue weighted by Crippen LogP contribution is 2.64. The van der Waals surface area contributed by atoms with Crippen LogP contribution in [-0.4, -0.2) is 47.6 Å². The van der Waals surface area contributed by atoms with Gasteiger partial charge in [-0.3, -0.25) is 19.7 Å². The van der Waals surface area contributed by atoms with Crippen LogP contribution < -0.4 is 4.90 Å². The quantitative estimate of drug-likeness (QED) is 0.0832. The van der Waals surface area contributed by atoms with Crippen LogP contribution in [0.25, 0.3) is 0 Å². The molecule has 42 heavy (non-hydrogen) atoms. The zero-order valence-electron chi connectivity index (χ0n) is 24.9. The number of allylic oxidation sites excluding steroid dienone is 1. The Labute approximate surface area is 259 Å². The molecule has 9 heteroatoms. The van der Waals surface area contributed by atoms with E-state index in [4.69, 9.17) is 27.9 Å². The van der Waals surface area contributed by atoms with Crippen LogP contribution in [0.1, 0.15) is 83.6 Å². The summed E-state index contributed by atoms with van der Waals surface area (Å²) in [6.07, 6.45) is 11.4. The standard InChI is InChI=1S/C33H44Cl2N2O5/c1-32-14-12-24(21-23(32)7-8-25-26-9-11-30(38)33(26,2)15-13-27(25)32)42-31(39)5-3-4-22-6-10-28(29(20-22)37(40)41)36(18-16-34)19-17-35/h6-7,10,20,24-27H,3-5,8-9,11-19,21H2,1-2H3/t24-,25-,26-,27-,32-,33-/m0/s1. The van der Waals surface area contributed by atoms with Gasteiger partial charge in [-0.15, -0.1) is 23.2 Å². The number of carbonyl (C=O) groups is 2. The largest absolute Gasteiger partial charge is 0.462 e. The van der Waals surface area contributed by atoms with Crippen molar-refractivity contribution in [3.8, 4) is 0 Å². The normalized spacial score (nSPS) is 31.9. The first-order valence-corrected chi connectivity index (χ1v) is 16.7. The lowest BCUT2D eigenvalue weighted by molar-refractivity contribution is -0.384. The van der Waals surface area contributed by atoms with Gasteiger partial charge < -0.3 is 9.64 Å². The molecule has 0 aliphatic heterocycles. The number of aryl methyl sites for hydroxylation is 1. The molecule has 0 radical (unpaired) electrons. The van der Waals surface area contributed by atoms with Crippen molar-refractivity contribution in [3.63, 3.8) is 0 Å². The number of nitro groups is 1. The van der Waals surface area contributed by atoms with E-state index < -0.39 is 0 Å². The Bertz CT molecular complexity index is 1230. The minimum atomic E-state index is -0.374. The fourth-order valence-corrected chi connectivity index (χ4v) is 9.28. The number of rotatable bonds is 11. The minimum absolute atomic E-state index is 0.0284. The monoisotopic (exact) mass is 618 g/mol. The maximum atomic E-state index is 12.8. The second-order valence-electron chi connectivity index (χ2n) is 13.3. The molecule has 0 heterocycles. The zero-order chi connectivity index (χ0) is 30.1. The molecule has 0 saturated heterocycles. The van der Waals surface area contributed by atoms with Gasteiger partial charge in [-0.2, -0.15) is 0 Å². The van der Waals surface area contributed by atoms with Gasteiger partial charge in [0.15, 0.2) is 0 Å². The van der Waals surface area contributed by atoms with E-state index in [-0.39, 0.29) is 39.9 Å². The predicted molar refractivity (Wildman–Crippen MR) is 166 cm³/mol. The molecule has 1 aromatic carbocycles. The summed E-state index contributed by atoms with van der Waals surface area (Å²) < 4.78 is 5.96. The maximum absolute atomic E-state index is 12.8. The summed E-state index contributed by atoms with van der Waals surface area (Å²) >= 11 is 11.8. The summed E-state index contributed by atoms with van der Waals surface area (Å²) in [5, 5.41) is 11.8. The number of anilines is 1. The molecular weight excluding hydrogens is 575 g/mol. The van der Waals surface area contributed by atoms with Gasteiger partial charge in [-0.25, -0.2) is 0 Å². The molecular formula is C33H44Cl2N2O5. The van der Waals surface area contributed by atoms with Crippen LogP contribution in [0.15, 0.2) is 29.8 Å². The Hall–Kier alpha value is -2.12. The van der Waals surface area contributed by atoms with E-state index >= 15 is 0 Å². The van der Waals surface area contributed by atoms with Crippen LogP contribution in [0.2, 0.25) is 0 Å². The first-order chi connectivity index (χ1) is 20.1. The lowest BCUT2D eigenvalue weighted by Gasteiger charge is -2.56. The number of ether oxygens (including phenoxy) is 1. The number of hydrogen-bond acceptors (Lipinski definition) is 6. The van der Waals surface area contributed by atoms with E-state index in [1.165, 1.54) is 5.57 Å². The number of halogens is 2. The number of ketones is 1. The number of Topliss-reactive ketones (excluding diaryl/α,β-unsaturated/α-hetero) is 1.